The second-order valence-corrected chi connectivity index (χ2v) is 8.26. The largest absolute Gasteiger partial charge is 0.384 e. The highest BCUT2D eigenvalue weighted by Crippen LogP contribution is 2.42. The first kappa shape index (κ1) is 20.1. The lowest BCUT2D eigenvalue weighted by molar-refractivity contribution is -0.0356. The molecule has 27 heavy (non-hydrogen) atoms. The Hall–Kier alpha value is -1.68. The molecule has 1 aliphatic rings. The standard InChI is InChI=1S/C24H33NO2/c1-19(2)17-24(26,22-11-9-20(3)10-12-22)23(21-7-5-4-6-8-21)18-25-13-15-27-16-14-25/h4-12,19,23,26H,13-18H2,1-3H3/t23-,24-/m0/s1. The van der Waals surface area contributed by atoms with E-state index in [0.717, 1.165) is 44.8 Å². The molecule has 2 atom stereocenters. The van der Waals surface area contributed by atoms with Gasteiger partial charge in [0.2, 0.25) is 0 Å². The van der Waals surface area contributed by atoms with Crippen LogP contribution in [0.5, 0.6) is 0 Å². The second kappa shape index (κ2) is 9.01. The van der Waals surface area contributed by atoms with E-state index in [-0.39, 0.29) is 5.92 Å². The van der Waals surface area contributed by atoms with Gasteiger partial charge in [0.15, 0.2) is 0 Å². The van der Waals surface area contributed by atoms with Gasteiger partial charge in [0, 0.05) is 25.6 Å². The number of benzene rings is 2. The summed E-state index contributed by atoms with van der Waals surface area (Å²) in [6, 6.07) is 18.9. The van der Waals surface area contributed by atoms with Gasteiger partial charge in [-0.1, -0.05) is 74.0 Å². The van der Waals surface area contributed by atoms with E-state index >= 15 is 0 Å². The Morgan fingerprint density at radius 1 is 1.00 bits per heavy atom. The van der Waals surface area contributed by atoms with Crippen molar-refractivity contribution in [1.82, 2.24) is 4.90 Å². The number of hydrogen-bond acceptors (Lipinski definition) is 3. The van der Waals surface area contributed by atoms with Crippen LogP contribution in [0.4, 0.5) is 0 Å². The number of morpholine rings is 1. The van der Waals surface area contributed by atoms with E-state index in [9.17, 15) is 5.11 Å². The van der Waals surface area contributed by atoms with Gasteiger partial charge in [-0.05, 0) is 30.4 Å². The molecule has 0 radical (unpaired) electrons. The van der Waals surface area contributed by atoms with Crippen LogP contribution in [0.25, 0.3) is 0 Å². The zero-order valence-electron chi connectivity index (χ0n) is 16.9. The van der Waals surface area contributed by atoms with Gasteiger partial charge in [-0.25, -0.2) is 0 Å². The summed E-state index contributed by atoms with van der Waals surface area (Å²) in [7, 11) is 0. The Kier molecular flexibility index (Phi) is 6.69. The highest BCUT2D eigenvalue weighted by Gasteiger charge is 2.40. The Bertz CT molecular complexity index is 692. The van der Waals surface area contributed by atoms with Crippen LogP contribution in [0.1, 0.15) is 42.9 Å². The van der Waals surface area contributed by atoms with Crippen molar-refractivity contribution >= 4 is 0 Å². The van der Waals surface area contributed by atoms with Crippen molar-refractivity contribution in [3.63, 3.8) is 0 Å². The average molecular weight is 368 g/mol. The van der Waals surface area contributed by atoms with Crippen LogP contribution >= 0.6 is 0 Å². The molecule has 2 aromatic rings. The summed E-state index contributed by atoms with van der Waals surface area (Å²) in [4.78, 5) is 2.43. The van der Waals surface area contributed by atoms with Crippen LogP contribution in [0.2, 0.25) is 0 Å². The Labute approximate surface area is 164 Å². The first-order valence-electron chi connectivity index (χ1n) is 10.1. The minimum atomic E-state index is -0.901. The molecule has 3 heteroatoms. The minimum Gasteiger partial charge on any atom is -0.384 e. The lowest BCUT2D eigenvalue weighted by Crippen LogP contribution is -2.45. The quantitative estimate of drug-likeness (QED) is 0.790. The molecule has 0 aromatic heterocycles. The molecule has 0 amide bonds. The molecule has 0 bridgehead atoms. The van der Waals surface area contributed by atoms with Gasteiger partial charge in [0.25, 0.3) is 0 Å². The third kappa shape index (κ3) is 4.98. The molecule has 0 aliphatic carbocycles. The van der Waals surface area contributed by atoms with Gasteiger partial charge >= 0.3 is 0 Å². The first-order chi connectivity index (χ1) is 13.0. The minimum absolute atomic E-state index is 0.0157. The van der Waals surface area contributed by atoms with Crippen LogP contribution in [0.15, 0.2) is 54.6 Å². The van der Waals surface area contributed by atoms with E-state index in [2.05, 4.69) is 74.2 Å². The van der Waals surface area contributed by atoms with Crippen molar-refractivity contribution < 1.29 is 9.84 Å². The molecule has 1 heterocycles. The van der Waals surface area contributed by atoms with Gasteiger partial charge in [-0.2, -0.15) is 0 Å². The summed E-state index contributed by atoms with van der Waals surface area (Å²) in [6.07, 6.45) is 0.736. The fraction of sp³-hybridized carbons (Fsp3) is 0.500. The van der Waals surface area contributed by atoms with Gasteiger partial charge < -0.3 is 9.84 Å². The molecule has 1 N–H and O–H groups in total. The Morgan fingerprint density at radius 2 is 1.63 bits per heavy atom. The number of nitrogens with zero attached hydrogens (tertiary/aromatic N) is 1. The van der Waals surface area contributed by atoms with Crippen molar-refractivity contribution in [2.45, 2.75) is 38.7 Å². The van der Waals surface area contributed by atoms with Crippen molar-refractivity contribution in [3.8, 4) is 0 Å². The van der Waals surface area contributed by atoms with Crippen LogP contribution in [-0.2, 0) is 10.3 Å². The summed E-state index contributed by atoms with van der Waals surface area (Å²) in [5.41, 5.74) is 2.54. The van der Waals surface area contributed by atoms with E-state index in [1.165, 1.54) is 11.1 Å². The third-order valence-corrected chi connectivity index (χ3v) is 5.59. The maximum Gasteiger partial charge on any atom is 0.0979 e. The monoisotopic (exact) mass is 367 g/mol. The van der Waals surface area contributed by atoms with E-state index < -0.39 is 5.60 Å². The highest BCUT2D eigenvalue weighted by atomic mass is 16.5. The summed E-state index contributed by atoms with van der Waals surface area (Å²) in [6.45, 7) is 10.7. The lowest BCUT2D eigenvalue weighted by atomic mass is 9.72. The van der Waals surface area contributed by atoms with Crippen LogP contribution in [0.3, 0.4) is 0 Å². The fourth-order valence-electron chi connectivity index (χ4n) is 4.19. The molecule has 1 fully saturated rings. The van der Waals surface area contributed by atoms with Crippen molar-refractivity contribution in [2.75, 3.05) is 32.8 Å². The molecule has 146 valence electrons. The van der Waals surface area contributed by atoms with E-state index in [1.807, 2.05) is 6.07 Å². The number of hydrogen-bond donors (Lipinski definition) is 1. The van der Waals surface area contributed by atoms with Crippen LogP contribution in [-0.4, -0.2) is 42.9 Å². The second-order valence-electron chi connectivity index (χ2n) is 8.26. The Balaban J connectivity index is 2.01. The Morgan fingerprint density at radius 3 is 2.22 bits per heavy atom. The predicted octanol–water partition coefficient (Wildman–Crippen LogP) is 4.34. The van der Waals surface area contributed by atoms with E-state index in [0.29, 0.717) is 5.92 Å². The van der Waals surface area contributed by atoms with Crippen molar-refractivity contribution in [3.05, 3.63) is 71.3 Å². The predicted molar refractivity (Wildman–Crippen MR) is 111 cm³/mol. The molecule has 3 rings (SSSR count). The van der Waals surface area contributed by atoms with Gasteiger partial charge in [-0.15, -0.1) is 0 Å². The molecule has 0 spiro atoms. The molecule has 1 aliphatic heterocycles. The maximum atomic E-state index is 12.1. The highest BCUT2D eigenvalue weighted by molar-refractivity contribution is 5.33. The first-order valence-corrected chi connectivity index (χ1v) is 10.1. The summed E-state index contributed by atoms with van der Waals surface area (Å²) >= 11 is 0. The number of aliphatic hydroxyl groups is 1. The third-order valence-electron chi connectivity index (χ3n) is 5.59. The molecule has 1 saturated heterocycles. The van der Waals surface area contributed by atoms with Crippen molar-refractivity contribution in [2.24, 2.45) is 5.92 Å². The van der Waals surface area contributed by atoms with Gasteiger partial charge in [0.1, 0.15) is 0 Å². The topological polar surface area (TPSA) is 32.7 Å². The van der Waals surface area contributed by atoms with E-state index in [1.54, 1.807) is 0 Å². The zero-order valence-corrected chi connectivity index (χ0v) is 16.9. The van der Waals surface area contributed by atoms with Crippen LogP contribution in [0, 0.1) is 12.8 Å². The molecule has 0 unspecified atom stereocenters. The summed E-state index contributed by atoms with van der Waals surface area (Å²) < 4.78 is 5.53. The van der Waals surface area contributed by atoms with Gasteiger partial charge in [0.05, 0.1) is 18.8 Å². The number of aryl methyl sites for hydroxylation is 1. The maximum absolute atomic E-state index is 12.1. The average Bonchev–Trinajstić information content (AvgIpc) is 2.67. The number of rotatable bonds is 7. The normalized spacial score (nSPS) is 19.0. The summed E-state index contributed by atoms with van der Waals surface area (Å²) in [5, 5.41) is 12.1. The smallest absolute Gasteiger partial charge is 0.0979 e. The lowest BCUT2D eigenvalue weighted by Gasteiger charge is -2.42. The fourth-order valence-corrected chi connectivity index (χ4v) is 4.19. The number of ether oxygens (including phenoxy) is 1. The van der Waals surface area contributed by atoms with E-state index in [4.69, 9.17) is 4.74 Å². The molecular formula is C24H33NO2. The van der Waals surface area contributed by atoms with Crippen LogP contribution < -0.4 is 0 Å². The van der Waals surface area contributed by atoms with Gasteiger partial charge in [-0.3, -0.25) is 4.90 Å². The molecule has 0 saturated carbocycles. The van der Waals surface area contributed by atoms with Crippen molar-refractivity contribution in [1.29, 1.82) is 0 Å². The molecule has 3 nitrogen and oxygen atoms in total. The molecular weight excluding hydrogens is 334 g/mol. The SMILES string of the molecule is Cc1ccc([C@@](O)(CC(C)C)[C@@H](CN2CCOCC2)c2ccccc2)cc1. The molecule has 2 aromatic carbocycles. The zero-order chi connectivity index (χ0) is 19.3. The summed E-state index contributed by atoms with van der Waals surface area (Å²) in [5.74, 6) is 0.411.